The molecule has 1 aliphatic heterocycles. The Bertz CT molecular complexity index is 513. The van der Waals surface area contributed by atoms with Crippen molar-refractivity contribution < 1.29 is 19.4 Å². The molecule has 5 nitrogen and oxygen atoms in total. The first-order chi connectivity index (χ1) is 9.96. The van der Waals surface area contributed by atoms with Crippen LogP contribution in [-0.2, 0) is 0 Å². The van der Waals surface area contributed by atoms with E-state index in [1.165, 1.54) is 0 Å². The molecule has 0 bridgehead atoms. The molecule has 1 fully saturated rings. The fourth-order valence-electron chi connectivity index (χ4n) is 2.62. The van der Waals surface area contributed by atoms with Crippen molar-refractivity contribution in [3.05, 3.63) is 23.8 Å². The van der Waals surface area contributed by atoms with E-state index in [0.29, 0.717) is 36.6 Å². The van der Waals surface area contributed by atoms with Gasteiger partial charge in [0.25, 0.3) is 5.91 Å². The van der Waals surface area contributed by atoms with Crippen LogP contribution in [0.4, 0.5) is 0 Å². The molecule has 0 radical (unpaired) electrons. The Hall–Kier alpha value is -1.75. The minimum absolute atomic E-state index is 0.0337. The zero-order valence-corrected chi connectivity index (χ0v) is 12.9. The summed E-state index contributed by atoms with van der Waals surface area (Å²) in [6.07, 6.45) is 2.14. The van der Waals surface area contributed by atoms with Crippen molar-refractivity contribution in [2.24, 2.45) is 0 Å². The normalized spacial score (nSPS) is 22.6. The average molecular weight is 293 g/mol. The Labute approximate surface area is 125 Å². The van der Waals surface area contributed by atoms with Crippen molar-refractivity contribution in [1.29, 1.82) is 0 Å². The van der Waals surface area contributed by atoms with Gasteiger partial charge in [0, 0.05) is 18.7 Å². The molecular weight excluding hydrogens is 270 g/mol. The summed E-state index contributed by atoms with van der Waals surface area (Å²) in [6.45, 7) is 3.07. The summed E-state index contributed by atoms with van der Waals surface area (Å²) in [6, 6.07) is 5.18. The third-order valence-electron chi connectivity index (χ3n) is 3.98. The van der Waals surface area contributed by atoms with Crippen molar-refractivity contribution in [1.82, 2.24) is 4.90 Å². The summed E-state index contributed by atoms with van der Waals surface area (Å²) < 4.78 is 10.4. The van der Waals surface area contributed by atoms with E-state index in [4.69, 9.17) is 9.47 Å². The maximum absolute atomic E-state index is 12.6. The second-order valence-electron chi connectivity index (χ2n) is 5.71. The first-order valence-electron chi connectivity index (χ1n) is 7.20. The molecule has 0 aromatic heterocycles. The molecule has 1 aliphatic rings. The maximum atomic E-state index is 12.6. The van der Waals surface area contributed by atoms with Gasteiger partial charge < -0.3 is 19.5 Å². The van der Waals surface area contributed by atoms with E-state index < -0.39 is 5.60 Å². The summed E-state index contributed by atoms with van der Waals surface area (Å²) >= 11 is 0. The standard InChI is InChI=1S/C16H23NO4/c1-16(19)7-4-9-17(10-8-16)15(18)12-5-6-13(20-2)14(11-12)21-3/h5-6,11,19H,4,7-10H2,1-3H3. The van der Waals surface area contributed by atoms with Crippen LogP contribution < -0.4 is 9.47 Å². The van der Waals surface area contributed by atoms with Crippen LogP contribution in [0.1, 0.15) is 36.5 Å². The zero-order valence-electron chi connectivity index (χ0n) is 12.9. The number of ether oxygens (including phenoxy) is 2. The number of carbonyl (C=O) groups is 1. The Balaban J connectivity index is 2.16. The van der Waals surface area contributed by atoms with E-state index in [1.54, 1.807) is 37.3 Å². The van der Waals surface area contributed by atoms with E-state index in [-0.39, 0.29) is 5.91 Å². The lowest BCUT2D eigenvalue weighted by atomic mass is 9.98. The van der Waals surface area contributed by atoms with Gasteiger partial charge in [0.2, 0.25) is 0 Å². The summed E-state index contributed by atoms with van der Waals surface area (Å²) in [5, 5.41) is 10.1. The highest BCUT2D eigenvalue weighted by Gasteiger charge is 2.27. The van der Waals surface area contributed by atoms with E-state index >= 15 is 0 Å². The molecule has 1 saturated heterocycles. The van der Waals surface area contributed by atoms with Gasteiger partial charge >= 0.3 is 0 Å². The quantitative estimate of drug-likeness (QED) is 0.927. The van der Waals surface area contributed by atoms with Crippen LogP contribution in [0.25, 0.3) is 0 Å². The molecule has 21 heavy (non-hydrogen) atoms. The number of aliphatic hydroxyl groups is 1. The van der Waals surface area contributed by atoms with Crippen LogP contribution in [-0.4, -0.2) is 48.8 Å². The molecule has 2 rings (SSSR count). The van der Waals surface area contributed by atoms with E-state index in [1.807, 2.05) is 6.92 Å². The molecule has 1 aromatic carbocycles. The van der Waals surface area contributed by atoms with Crippen molar-refractivity contribution in [3.63, 3.8) is 0 Å². The fraction of sp³-hybridized carbons (Fsp3) is 0.562. The SMILES string of the molecule is COc1ccc(C(=O)N2CCCC(C)(O)CC2)cc1OC. The molecule has 1 unspecified atom stereocenters. The van der Waals surface area contributed by atoms with Crippen LogP contribution in [0.2, 0.25) is 0 Å². The van der Waals surface area contributed by atoms with Crippen LogP contribution in [0, 0.1) is 0 Å². The van der Waals surface area contributed by atoms with Crippen molar-refractivity contribution in [3.8, 4) is 11.5 Å². The molecule has 1 N–H and O–H groups in total. The van der Waals surface area contributed by atoms with E-state index in [0.717, 1.165) is 12.8 Å². The van der Waals surface area contributed by atoms with Gasteiger partial charge in [-0.1, -0.05) is 0 Å². The Morgan fingerprint density at radius 2 is 1.90 bits per heavy atom. The second-order valence-corrected chi connectivity index (χ2v) is 5.71. The summed E-state index contributed by atoms with van der Waals surface area (Å²) in [7, 11) is 3.12. The Morgan fingerprint density at radius 1 is 1.19 bits per heavy atom. The molecule has 1 heterocycles. The van der Waals surface area contributed by atoms with Crippen LogP contribution in [0.3, 0.4) is 0 Å². The highest BCUT2D eigenvalue weighted by molar-refractivity contribution is 5.95. The number of nitrogens with zero attached hydrogens (tertiary/aromatic N) is 1. The van der Waals surface area contributed by atoms with Crippen molar-refractivity contribution in [2.75, 3.05) is 27.3 Å². The van der Waals surface area contributed by atoms with Gasteiger partial charge in [-0.3, -0.25) is 4.79 Å². The lowest BCUT2D eigenvalue weighted by Gasteiger charge is -2.23. The van der Waals surface area contributed by atoms with Gasteiger partial charge in [0.1, 0.15) is 0 Å². The summed E-state index contributed by atoms with van der Waals surface area (Å²) in [5.74, 6) is 1.12. The smallest absolute Gasteiger partial charge is 0.253 e. The molecule has 1 atom stereocenters. The number of rotatable bonds is 3. The van der Waals surface area contributed by atoms with Crippen LogP contribution in [0.15, 0.2) is 18.2 Å². The predicted octanol–water partition coefficient (Wildman–Crippen LogP) is 2.08. The molecule has 0 saturated carbocycles. The lowest BCUT2D eigenvalue weighted by molar-refractivity contribution is 0.0438. The number of benzene rings is 1. The molecule has 116 valence electrons. The number of hydrogen-bond donors (Lipinski definition) is 1. The van der Waals surface area contributed by atoms with Gasteiger partial charge in [-0.25, -0.2) is 0 Å². The molecule has 1 amide bonds. The Morgan fingerprint density at radius 3 is 2.57 bits per heavy atom. The van der Waals surface area contributed by atoms with Crippen LogP contribution in [0.5, 0.6) is 11.5 Å². The molecule has 0 aliphatic carbocycles. The highest BCUT2D eigenvalue weighted by atomic mass is 16.5. The minimum atomic E-state index is -0.674. The van der Waals surface area contributed by atoms with Gasteiger partial charge in [-0.05, 0) is 44.4 Å². The topological polar surface area (TPSA) is 59.0 Å². The predicted molar refractivity (Wildman–Crippen MR) is 79.9 cm³/mol. The fourth-order valence-corrected chi connectivity index (χ4v) is 2.62. The molecule has 0 spiro atoms. The average Bonchev–Trinajstić information content (AvgIpc) is 2.66. The first-order valence-corrected chi connectivity index (χ1v) is 7.20. The number of hydrogen-bond acceptors (Lipinski definition) is 4. The molecular formula is C16H23NO4. The number of carbonyl (C=O) groups excluding carboxylic acids is 1. The van der Waals surface area contributed by atoms with Gasteiger partial charge in [-0.15, -0.1) is 0 Å². The third kappa shape index (κ3) is 3.67. The van der Waals surface area contributed by atoms with Gasteiger partial charge in [-0.2, -0.15) is 0 Å². The number of methoxy groups -OCH3 is 2. The molecule has 1 aromatic rings. The number of likely N-dealkylation sites (tertiary alicyclic amines) is 1. The largest absolute Gasteiger partial charge is 0.493 e. The number of amides is 1. The van der Waals surface area contributed by atoms with Gasteiger partial charge in [0.15, 0.2) is 11.5 Å². The summed E-state index contributed by atoms with van der Waals surface area (Å²) in [4.78, 5) is 14.4. The van der Waals surface area contributed by atoms with E-state index in [2.05, 4.69) is 0 Å². The lowest BCUT2D eigenvalue weighted by Crippen LogP contribution is -2.33. The minimum Gasteiger partial charge on any atom is -0.493 e. The highest BCUT2D eigenvalue weighted by Crippen LogP contribution is 2.29. The zero-order chi connectivity index (χ0) is 15.5. The van der Waals surface area contributed by atoms with Crippen LogP contribution >= 0.6 is 0 Å². The Kier molecular flexibility index (Phi) is 4.73. The van der Waals surface area contributed by atoms with Crippen molar-refractivity contribution in [2.45, 2.75) is 31.8 Å². The second kappa shape index (κ2) is 6.35. The molecule has 5 heteroatoms. The first kappa shape index (κ1) is 15.6. The monoisotopic (exact) mass is 293 g/mol. The third-order valence-corrected chi connectivity index (χ3v) is 3.98. The summed E-state index contributed by atoms with van der Waals surface area (Å²) in [5.41, 5.74) is -0.0960. The van der Waals surface area contributed by atoms with Crippen molar-refractivity contribution >= 4 is 5.91 Å². The maximum Gasteiger partial charge on any atom is 0.253 e. The van der Waals surface area contributed by atoms with Gasteiger partial charge in [0.05, 0.1) is 19.8 Å². The van der Waals surface area contributed by atoms with E-state index in [9.17, 15) is 9.90 Å².